The van der Waals surface area contributed by atoms with Crippen LogP contribution in [0.2, 0.25) is 9.36 Å². The van der Waals surface area contributed by atoms with E-state index in [0.717, 1.165) is 31.0 Å². The summed E-state index contributed by atoms with van der Waals surface area (Å²) < 4.78 is 14.6. The Hall–Kier alpha value is -0.890. The molecule has 9 heteroatoms. The number of esters is 1. The van der Waals surface area contributed by atoms with Crippen LogP contribution in [0.15, 0.2) is 0 Å². The molecular formula is C13H16Cl2N2O4S. The second kappa shape index (κ2) is 8.10. The van der Waals surface area contributed by atoms with Crippen molar-refractivity contribution in [2.24, 2.45) is 0 Å². The van der Waals surface area contributed by atoms with E-state index in [1.807, 2.05) is 0 Å². The molecule has 1 fully saturated rings. The molecule has 22 heavy (non-hydrogen) atoms. The van der Waals surface area contributed by atoms with E-state index >= 15 is 0 Å². The Morgan fingerprint density at radius 1 is 1.55 bits per heavy atom. The van der Waals surface area contributed by atoms with Crippen molar-refractivity contribution in [3.05, 3.63) is 15.1 Å². The van der Waals surface area contributed by atoms with E-state index in [4.69, 9.17) is 32.7 Å². The quantitative estimate of drug-likeness (QED) is 0.783. The molecule has 1 aromatic heterocycles. The normalized spacial score (nSPS) is 19.0. The van der Waals surface area contributed by atoms with Crippen LogP contribution in [0.4, 0.5) is 0 Å². The van der Waals surface area contributed by atoms with Crippen LogP contribution in [-0.2, 0) is 14.3 Å². The van der Waals surface area contributed by atoms with Crippen molar-refractivity contribution in [2.75, 3.05) is 13.2 Å². The van der Waals surface area contributed by atoms with E-state index in [1.165, 1.54) is 0 Å². The molecule has 2 atom stereocenters. The number of halogens is 2. The number of hydrogen-bond acceptors (Lipinski definition) is 6. The van der Waals surface area contributed by atoms with Crippen molar-refractivity contribution in [3.8, 4) is 0 Å². The highest BCUT2D eigenvalue weighted by molar-refractivity contribution is 7.11. The minimum Gasteiger partial charge on any atom is -0.447 e. The standard InChI is InChI=1S/C13H16Cl2N2O4S/c1-2-8(12(18)16-6-7-4-3-5-20-7)21-13(19)10-9(14)11(15)22-17-10/h7-8H,2-6H2,1H3,(H,16,18)/t7-,8-/m1/s1. The van der Waals surface area contributed by atoms with Crippen molar-refractivity contribution in [1.82, 2.24) is 9.69 Å². The summed E-state index contributed by atoms with van der Waals surface area (Å²) in [5, 5.41) is 2.78. The van der Waals surface area contributed by atoms with Gasteiger partial charge in [0.1, 0.15) is 9.36 Å². The molecule has 0 saturated carbocycles. The average Bonchev–Trinajstić information content (AvgIpc) is 3.13. The molecule has 6 nitrogen and oxygen atoms in total. The summed E-state index contributed by atoms with van der Waals surface area (Å²) in [6, 6.07) is 0. The van der Waals surface area contributed by atoms with E-state index in [-0.39, 0.29) is 27.1 Å². The van der Waals surface area contributed by atoms with Gasteiger partial charge in [0.25, 0.3) is 5.91 Å². The van der Waals surface area contributed by atoms with E-state index in [9.17, 15) is 9.59 Å². The monoisotopic (exact) mass is 366 g/mol. The maximum absolute atomic E-state index is 12.1. The van der Waals surface area contributed by atoms with Gasteiger partial charge in [0.05, 0.1) is 6.10 Å². The molecule has 1 aliphatic heterocycles. The van der Waals surface area contributed by atoms with Gasteiger partial charge in [0, 0.05) is 13.2 Å². The van der Waals surface area contributed by atoms with E-state index in [1.54, 1.807) is 6.92 Å². The summed E-state index contributed by atoms with van der Waals surface area (Å²) in [5.74, 6) is -1.11. The van der Waals surface area contributed by atoms with E-state index in [2.05, 4.69) is 9.69 Å². The number of carbonyl (C=O) groups excluding carboxylic acids is 2. The summed E-state index contributed by atoms with van der Waals surface area (Å²) in [5.41, 5.74) is -0.0676. The highest BCUT2D eigenvalue weighted by atomic mass is 35.5. The van der Waals surface area contributed by atoms with Crippen LogP contribution in [0.5, 0.6) is 0 Å². The third-order valence-electron chi connectivity index (χ3n) is 3.23. The first-order valence-corrected chi connectivity index (χ1v) is 8.46. The molecule has 0 unspecified atom stereocenters. The zero-order valence-electron chi connectivity index (χ0n) is 11.9. The van der Waals surface area contributed by atoms with Gasteiger partial charge in [-0.25, -0.2) is 4.79 Å². The molecular weight excluding hydrogens is 351 g/mol. The van der Waals surface area contributed by atoms with Gasteiger partial charge in [-0.3, -0.25) is 4.79 Å². The van der Waals surface area contributed by atoms with Crippen LogP contribution in [0, 0.1) is 0 Å². The average molecular weight is 367 g/mol. The first-order chi connectivity index (χ1) is 10.5. The maximum Gasteiger partial charge on any atom is 0.360 e. The van der Waals surface area contributed by atoms with Crippen LogP contribution in [0.25, 0.3) is 0 Å². The van der Waals surface area contributed by atoms with E-state index in [0.29, 0.717) is 13.0 Å². The molecule has 0 spiro atoms. The first-order valence-electron chi connectivity index (χ1n) is 6.93. The van der Waals surface area contributed by atoms with Crippen LogP contribution in [0.1, 0.15) is 36.7 Å². The predicted octanol–water partition coefficient (Wildman–Crippen LogP) is 2.68. The molecule has 2 heterocycles. The van der Waals surface area contributed by atoms with Crippen molar-refractivity contribution in [2.45, 2.75) is 38.4 Å². The molecule has 1 saturated heterocycles. The molecule has 1 aliphatic rings. The third kappa shape index (κ3) is 4.32. The van der Waals surface area contributed by atoms with Gasteiger partial charge in [0.15, 0.2) is 11.8 Å². The number of hydrogen-bond donors (Lipinski definition) is 1. The fourth-order valence-corrected chi connectivity index (χ4v) is 3.01. The number of aromatic nitrogens is 1. The predicted molar refractivity (Wildman–Crippen MR) is 83.6 cm³/mol. The first kappa shape index (κ1) is 17.5. The zero-order chi connectivity index (χ0) is 16.1. The largest absolute Gasteiger partial charge is 0.447 e. The summed E-state index contributed by atoms with van der Waals surface area (Å²) >= 11 is 12.5. The second-order valence-corrected chi connectivity index (χ2v) is 6.55. The minimum atomic E-state index is -0.898. The molecule has 1 amide bonds. The molecule has 1 N–H and O–H groups in total. The number of ether oxygens (including phenoxy) is 2. The Labute approximate surface area is 142 Å². The SMILES string of the molecule is CC[C@@H](OC(=O)c1nsc(Cl)c1Cl)C(=O)NC[C@H]1CCCO1. The molecule has 0 aliphatic carbocycles. The summed E-state index contributed by atoms with van der Waals surface area (Å²) in [7, 11) is 0. The Kier molecular flexibility index (Phi) is 6.43. The summed E-state index contributed by atoms with van der Waals surface area (Å²) in [6.07, 6.45) is 1.40. The lowest BCUT2D eigenvalue weighted by molar-refractivity contribution is -0.130. The number of nitrogens with zero attached hydrogens (tertiary/aromatic N) is 1. The van der Waals surface area contributed by atoms with Crippen molar-refractivity contribution >= 4 is 46.6 Å². The summed E-state index contributed by atoms with van der Waals surface area (Å²) in [4.78, 5) is 24.1. The van der Waals surface area contributed by atoms with Crippen LogP contribution in [-0.4, -0.2) is 41.6 Å². The molecule has 0 aromatic carbocycles. The van der Waals surface area contributed by atoms with Crippen molar-refractivity contribution < 1.29 is 19.1 Å². The number of nitrogens with one attached hydrogen (secondary N) is 1. The molecule has 122 valence electrons. The lowest BCUT2D eigenvalue weighted by atomic mass is 10.2. The molecule has 0 radical (unpaired) electrons. The lowest BCUT2D eigenvalue weighted by Crippen LogP contribution is -2.40. The van der Waals surface area contributed by atoms with Gasteiger partial charge in [-0.2, -0.15) is 4.37 Å². The smallest absolute Gasteiger partial charge is 0.360 e. The summed E-state index contributed by atoms with van der Waals surface area (Å²) in [6.45, 7) is 2.88. The Bertz CT molecular complexity index is 546. The second-order valence-electron chi connectivity index (χ2n) is 4.80. The van der Waals surface area contributed by atoms with Crippen LogP contribution in [0.3, 0.4) is 0 Å². The Morgan fingerprint density at radius 2 is 2.32 bits per heavy atom. The van der Waals surface area contributed by atoms with Crippen LogP contribution >= 0.6 is 34.7 Å². The van der Waals surface area contributed by atoms with E-state index < -0.39 is 12.1 Å². The maximum atomic E-state index is 12.1. The number of rotatable bonds is 6. The Balaban J connectivity index is 1.88. The lowest BCUT2D eigenvalue weighted by Gasteiger charge is -2.17. The van der Waals surface area contributed by atoms with Gasteiger partial charge in [-0.05, 0) is 30.8 Å². The van der Waals surface area contributed by atoms with Gasteiger partial charge < -0.3 is 14.8 Å². The molecule has 0 bridgehead atoms. The highest BCUT2D eigenvalue weighted by Gasteiger charge is 2.26. The highest BCUT2D eigenvalue weighted by Crippen LogP contribution is 2.30. The van der Waals surface area contributed by atoms with Crippen molar-refractivity contribution in [1.29, 1.82) is 0 Å². The molecule has 1 aromatic rings. The molecule has 2 rings (SSSR count). The van der Waals surface area contributed by atoms with Crippen LogP contribution < -0.4 is 5.32 Å². The van der Waals surface area contributed by atoms with Gasteiger partial charge in [0.2, 0.25) is 0 Å². The third-order valence-corrected chi connectivity index (χ3v) is 4.84. The number of carbonyl (C=O) groups is 2. The van der Waals surface area contributed by atoms with Gasteiger partial charge in [-0.1, -0.05) is 30.1 Å². The Morgan fingerprint density at radius 3 is 2.86 bits per heavy atom. The van der Waals surface area contributed by atoms with Gasteiger partial charge in [-0.15, -0.1) is 0 Å². The zero-order valence-corrected chi connectivity index (χ0v) is 14.3. The topological polar surface area (TPSA) is 77.5 Å². The minimum absolute atomic E-state index is 0.0314. The fraction of sp³-hybridized carbons (Fsp3) is 0.615. The fourth-order valence-electron chi connectivity index (χ4n) is 2.03. The van der Waals surface area contributed by atoms with Gasteiger partial charge >= 0.3 is 5.97 Å². The van der Waals surface area contributed by atoms with Crippen molar-refractivity contribution in [3.63, 3.8) is 0 Å². The number of amides is 1.